The van der Waals surface area contributed by atoms with Crippen LogP contribution in [0, 0.1) is 23.1 Å². The van der Waals surface area contributed by atoms with Crippen LogP contribution in [0.15, 0.2) is 36.5 Å². The first kappa shape index (κ1) is 20.7. The van der Waals surface area contributed by atoms with E-state index in [1.165, 1.54) is 31.3 Å². The van der Waals surface area contributed by atoms with Crippen LogP contribution in [0.3, 0.4) is 0 Å². The fourth-order valence-corrected chi connectivity index (χ4v) is 3.55. The van der Waals surface area contributed by atoms with Crippen LogP contribution in [0.25, 0.3) is 0 Å². The zero-order valence-electron chi connectivity index (χ0n) is 15.2. The van der Waals surface area contributed by atoms with Crippen molar-refractivity contribution in [2.75, 3.05) is 5.32 Å². The Balaban J connectivity index is 1.91. The van der Waals surface area contributed by atoms with Gasteiger partial charge in [-0.2, -0.15) is 18.4 Å². The van der Waals surface area contributed by atoms with E-state index in [4.69, 9.17) is 11.0 Å². The van der Waals surface area contributed by atoms with Crippen molar-refractivity contribution in [2.45, 2.75) is 31.2 Å². The van der Waals surface area contributed by atoms with Crippen molar-refractivity contribution in [3.05, 3.63) is 59.2 Å². The van der Waals surface area contributed by atoms with Crippen LogP contribution in [0.2, 0.25) is 0 Å². The number of nitriles is 1. The molecule has 1 fully saturated rings. The van der Waals surface area contributed by atoms with Gasteiger partial charge in [0, 0.05) is 17.4 Å². The van der Waals surface area contributed by atoms with E-state index in [0.29, 0.717) is 0 Å². The predicted octanol–water partition coefficient (Wildman–Crippen LogP) is 3.02. The van der Waals surface area contributed by atoms with E-state index in [1.54, 1.807) is 0 Å². The second kappa shape index (κ2) is 7.42. The van der Waals surface area contributed by atoms with E-state index in [9.17, 15) is 22.4 Å². The lowest BCUT2D eigenvalue weighted by Gasteiger charge is -2.34. The zero-order chi connectivity index (χ0) is 21.4. The molecular formula is C19H17F4N5O. The number of alkyl halides is 3. The normalized spacial score (nSPS) is 24.2. The van der Waals surface area contributed by atoms with Gasteiger partial charge >= 0.3 is 6.18 Å². The molecule has 1 aromatic heterocycles. The molecular weight excluding hydrogens is 390 g/mol. The van der Waals surface area contributed by atoms with Gasteiger partial charge in [-0.05, 0) is 43.7 Å². The lowest BCUT2D eigenvalue weighted by Crippen LogP contribution is -2.47. The minimum Gasteiger partial charge on any atom is -0.321 e. The van der Waals surface area contributed by atoms with Crippen molar-refractivity contribution in [1.82, 2.24) is 10.3 Å². The molecule has 3 atom stereocenters. The lowest BCUT2D eigenvalue weighted by atomic mass is 9.80. The molecule has 0 bridgehead atoms. The van der Waals surface area contributed by atoms with Crippen LogP contribution in [-0.4, -0.2) is 23.2 Å². The van der Waals surface area contributed by atoms with Gasteiger partial charge in [-0.3, -0.25) is 10.1 Å². The second-order valence-corrected chi connectivity index (χ2v) is 6.98. The summed E-state index contributed by atoms with van der Waals surface area (Å²) in [4.78, 5) is 16.2. The zero-order valence-corrected chi connectivity index (χ0v) is 15.2. The van der Waals surface area contributed by atoms with Crippen LogP contribution in [0.1, 0.15) is 35.0 Å². The van der Waals surface area contributed by atoms with E-state index in [-0.39, 0.29) is 22.5 Å². The number of amides is 1. The maximum Gasteiger partial charge on any atom is 0.394 e. The van der Waals surface area contributed by atoms with Gasteiger partial charge in [0.15, 0.2) is 0 Å². The number of rotatable bonds is 3. The maximum absolute atomic E-state index is 14.5. The van der Waals surface area contributed by atoms with Crippen LogP contribution in [0.5, 0.6) is 0 Å². The van der Waals surface area contributed by atoms with E-state index >= 15 is 0 Å². The molecule has 0 aliphatic carbocycles. The Hall–Kier alpha value is -3.03. The summed E-state index contributed by atoms with van der Waals surface area (Å²) >= 11 is 0. The summed E-state index contributed by atoms with van der Waals surface area (Å²) in [5.74, 6) is -3.40. The standard InChI is InChI=1S/C19H17F4N5O/c1-18(15(19(21,22)23)7-16(25)28-18)12-6-11(3-4-13(12)20)27-17(29)14-5-2-10(8-24)9-26-14/h2-6,9,15-16,28H,7,25H2,1H3,(H,27,29)/t15-,16?,18-/m1/s1. The summed E-state index contributed by atoms with van der Waals surface area (Å²) in [5, 5.41) is 13.9. The third kappa shape index (κ3) is 4.06. The first-order valence-electron chi connectivity index (χ1n) is 8.62. The highest BCUT2D eigenvalue weighted by Crippen LogP contribution is 2.47. The second-order valence-electron chi connectivity index (χ2n) is 6.98. The van der Waals surface area contributed by atoms with Gasteiger partial charge in [-0.15, -0.1) is 0 Å². The largest absolute Gasteiger partial charge is 0.394 e. The van der Waals surface area contributed by atoms with Crippen molar-refractivity contribution < 1.29 is 22.4 Å². The van der Waals surface area contributed by atoms with Crippen LogP contribution in [0.4, 0.5) is 23.2 Å². The SMILES string of the molecule is C[C@]1(c2cc(NC(=O)c3ccc(C#N)cn3)ccc2F)NC(N)C[C@H]1C(F)(F)F. The number of hydrogen-bond donors (Lipinski definition) is 3. The Bertz CT molecular complexity index is 970. The summed E-state index contributed by atoms with van der Waals surface area (Å²) in [5.41, 5.74) is 3.98. The van der Waals surface area contributed by atoms with Gasteiger partial charge in [-0.25, -0.2) is 9.37 Å². The van der Waals surface area contributed by atoms with Crippen LogP contribution >= 0.6 is 0 Å². The summed E-state index contributed by atoms with van der Waals surface area (Å²) in [6, 6.07) is 7.97. The highest BCUT2D eigenvalue weighted by molar-refractivity contribution is 6.02. The lowest BCUT2D eigenvalue weighted by molar-refractivity contribution is -0.188. The summed E-state index contributed by atoms with van der Waals surface area (Å²) in [6.45, 7) is 1.24. The molecule has 1 amide bonds. The number of halogens is 4. The number of pyridine rings is 1. The van der Waals surface area contributed by atoms with E-state index in [1.807, 2.05) is 6.07 Å². The number of nitrogens with two attached hydrogens (primary N) is 1. The molecule has 1 saturated heterocycles. The fourth-order valence-electron chi connectivity index (χ4n) is 3.55. The average Bonchev–Trinajstić information content (AvgIpc) is 2.99. The minimum atomic E-state index is -4.59. The number of carbonyl (C=O) groups excluding carboxylic acids is 1. The molecule has 29 heavy (non-hydrogen) atoms. The molecule has 3 rings (SSSR count). The fraction of sp³-hybridized carbons (Fsp3) is 0.316. The first-order valence-corrected chi connectivity index (χ1v) is 8.62. The average molecular weight is 407 g/mol. The molecule has 6 nitrogen and oxygen atoms in total. The van der Waals surface area contributed by atoms with Crippen molar-refractivity contribution in [1.29, 1.82) is 5.26 Å². The Kier molecular flexibility index (Phi) is 5.30. The minimum absolute atomic E-state index is 0.00438. The number of anilines is 1. The third-order valence-electron chi connectivity index (χ3n) is 4.98. The number of aromatic nitrogens is 1. The quantitative estimate of drug-likeness (QED) is 0.679. The van der Waals surface area contributed by atoms with Crippen LogP contribution in [-0.2, 0) is 5.54 Å². The highest BCUT2D eigenvalue weighted by Gasteiger charge is 2.57. The molecule has 0 saturated carbocycles. The maximum atomic E-state index is 14.5. The van der Waals surface area contributed by atoms with Crippen molar-refractivity contribution in [2.24, 2.45) is 11.7 Å². The number of carbonyl (C=O) groups is 1. The van der Waals surface area contributed by atoms with Crippen molar-refractivity contribution in [3.8, 4) is 6.07 Å². The summed E-state index contributed by atoms with van der Waals surface area (Å²) < 4.78 is 55.1. The van der Waals surface area contributed by atoms with Gasteiger partial charge in [0.1, 0.15) is 17.6 Å². The Morgan fingerprint density at radius 3 is 2.69 bits per heavy atom. The van der Waals surface area contributed by atoms with Gasteiger partial charge < -0.3 is 11.1 Å². The third-order valence-corrected chi connectivity index (χ3v) is 4.98. The molecule has 1 aromatic carbocycles. The molecule has 2 heterocycles. The molecule has 0 radical (unpaired) electrons. The monoisotopic (exact) mass is 407 g/mol. The first-order chi connectivity index (χ1) is 13.5. The number of benzene rings is 1. The molecule has 4 N–H and O–H groups in total. The number of nitrogens with one attached hydrogen (secondary N) is 2. The van der Waals surface area contributed by atoms with Gasteiger partial charge in [0.2, 0.25) is 0 Å². The topological polar surface area (TPSA) is 104 Å². The Morgan fingerprint density at radius 1 is 1.38 bits per heavy atom. The molecule has 1 aliphatic rings. The Labute approximate surface area is 163 Å². The van der Waals surface area contributed by atoms with E-state index in [2.05, 4.69) is 15.6 Å². The van der Waals surface area contributed by atoms with Gasteiger partial charge in [0.05, 0.1) is 23.2 Å². The molecule has 0 spiro atoms. The molecule has 152 valence electrons. The van der Waals surface area contributed by atoms with E-state index < -0.39 is 41.9 Å². The molecule has 1 unspecified atom stereocenters. The highest BCUT2D eigenvalue weighted by atomic mass is 19.4. The van der Waals surface area contributed by atoms with Gasteiger partial charge in [-0.1, -0.05) is 0 Å². The van der Waals surface area contributed by atoms with E-state index in [0.717, 1.165) is 12.1 Å². The summed E-state index contributed by atoms with van der Waals surface area (Å²) in [7, 11) is 0. The summed E-state index contributed by atoms with van der Waals surface area (Å²) in [6.07, 6.45) is -4.73. The smallest absolute Gasteiger partial charge is 0.321 e. The number of nitrogens with zero attached hydrogens (tertiary/aromatic N) is 2. The molecule has 1 aliphatic heterocycles. The molecule has 10 heteroatoms. The number of hydrogen-bond acceptors (Lipinski definition) is 5. The van der Waals surface area contributed by atoms with Crippen LogP contribution < -0.4 is 16.4 Å². The predicted molar refractivity (Wildman–Crippen MR) is 95.9 cm³/mol. The Morgan fingerprint density at radius 2 is 2.10 bits per heavy atom. The molecule has 2 aromatic rings. The van der Waals surface area contributed by atoms with Crippen molar-refractivity contribution in [3.63, 3.8) is 0 Å². The van der Waals surface area contributed by atoms with Crippen molar-refractivity contribution >= 4 is 11.6 Å². The van der Waals surface area contributed by atoms with Gasteiger partial charge in [0.25, 0.3) is 5.91 Å².